The van der Waals surface area contributed by atoms with Crippen LogP contribution in [0.4, 0.5) is 0 Å². The Labute approximate surface area is 116 Å². The zero-order valence-corrected chi connectivity index (χ0v) is 11.7. The molecule has 3 rings (SSSR count). The largest absolute Gasteiger partial charge is 0.483 e. The van der Waals surface area contributed by atoms with Crippen LogP contribution in [0, 0.1) is 0 Å². The number of fused-ring (bicyclic) bond motifs is 2. The predicted molar refractivity (Wildman–Crippen MR) is 76.9 cm³/mol. The van der Waals surface area contributed by atoms with Crippen molar-refractivity contribution in [1.82, 2.24) is 0 Å². The van der Waals surface area contributed by atoms with Gasteiger partial charge in [0.15, 0.2) is 0 Å². The Kier molecular flexibility index (Phi) is 2.91. The molecule has 0 aliphatic carbocycles. The fourth-order valence-electron chi connectivity index (χ4n) is 2.45. The van der Waals surface area contributed by atoms with E-state index in [1.54, 1.807) is 19.2 Å². The minimum absolute atomic E-state index is 0.369. The molecule has 1 aromatic carbocycles. The summed E-state index contributed by atoms with van der Waals surface area (Å²) in [6.07, 6.45) is 4.05. The number of ether oxygens (including phenoxy) is 2. The first-order chi connectivity index (χ1) is 9.50. The van der Waals surface area contributed by atoms with Gasteiger partial charge in [-0.3, -0.25) is 0 Å². The second kappa shape index (κ2) is 4.49. The van der Waals surface area contributed by atoms with Crippen LogP contribution in [0.25, 0.3) is 17.0 Å². The van der Waals surface area contributed by atoms with Crippen molar-refractivity contribution in [2.45, 2.75) is 26.1 Å². The Bertz CT molecular complexity index is 753. The van der Waals surface area contributed by atoms with Crippen molar-refractivity contribution >= 4 is 17.0 Å². The van der Waals surface area contributed by atoms with E-state index in [1.165, 1.54) is 6.07 Å². The van der Waals surface area contributed by atoms with Crippen molar-refractivity contribution in [3.05, 3.63) is 45.8 Å². The van der Waals surface area contributed by atoms with Crippen molar-refractivity contribution in [2.75, 3.05) is 7.11 Å². The second-order valence-corrected chi connectivity index (χ2v) is 5.41. The van der Waals surface area contributed by atoms with E-state index in [2.05, 4.69) is 0 Å². The van der Waals surface area contributed by atoms with Crippen molar-refractivity contribution in [1.29, 1.82) is 0 Å². The van der Waals surface area contributed by atoms with Crippen molar-refractivity contribution in [2.24, 2.45) is 0 Å². The summed E-state index contributed by atoms with van der Waals surface area (Å²) in [6, 6.07) is 4.96. The van der Waals surface area contributed by atoms with Crippen LogP contribution >= 0.6 is 0 Å². The molecule has 1 aliphatic rings. The fourth-order valence-corrected chi connectivity index (χ4v) is 2.45. The van der Waals surface area contributed by atoms with E-state index in [4.69, 9.17) is 13.9 Å². The molecule has 2 aromatic rings. The molecule has 0 saturated carbocycles. The van der Waals surface area contributed by atoms with Crippen LogP contribution in [0.5, 0.6) is 5.75 Å². The first-order valence-electron chi connectivity index (χ1n) is 6.47. The SMILES string of the molecule is COCc1c2c(cc3oc(=O)ccc13)OC(C)(C)C=C2. The molecule has 1 aliphatic heterocycles. The Morgan fingerprint density at radius 2 is 2.10 bits per heavy atom. The van der Waals surface area contributed by atoms with Crippen LogP contribution < -0.4 is 10.4 Å². The number of methoxy groups -OCH3 is 1. The lowest BCUT2D eigenvalue weighted by Gasteiger charge is -2.29. The maximum Gasteiger partial charge on any atom is 0.336 e. The van der Waals surface area contributed by atoms with E-state index >= 15 is 0 Å². The van der Waals surface area contributed by atoms with Gasteiger partial charge in [0.25, 0.3) is 0 Å². The minimum Gasteiger partial charge on any atom is -0.483 e. The standard InChI is InChI=1S/C16H16O4/c1-16(2)7-6-11-12(9-18-3)10-4-5-15(17)19-13(10)8-14(11)20-16/h4-8H,9H2,1-3H3. The highest BCUT2D eigenvalue weighted by Gasteiger charge is 2.25. The average Bonchev–Trinajstić information content (AvgIpc) is 2.36. The third-order valence-electron chi connectivity index (χ3n) is 3.35. The monoisotopic (exact) mass is 272 g/mol. The van der Waals surface area contributed by atoms with Gasteiger partial charge in [0, 0.05) is 30.2 Å². The van der Waals surface area contributed by atoms with E-state index in [0.29, 0.717) is 17.9 Å². The molecule has 0 fully saturated rings. The van der Waals surface area contributed by atoms with Crippen LogP contribution in [0.2, 0.25) is 0 Å². The molecule has 20 heavy (non-hydrogen) atoms. The van der Waals surface area contributed by atoms with Gasteiger partial charge in [0.05, 0.1) is 6.61 Å². The fraction of sp³-hybridized carbons (Fsp3) is 0.312. The molecule has 4 heteroatoms. The highest BCUT2D eigenvalue weighted by atomic mass is 16.5. The molecule has 0 atom stereocenters. The molecule has 4 nitrogen and oxygen atoms in total. The number of benzene rings is 1. The third kappa shape index (κ3) is 2.12. The maximum absolute atomic E-state index is 11.4. The van der Waals surface area contributed by atoms with Gasteiger partial charge >= 0.3 is 5.63 Å². The van der Waals surface area contributed by atoms with Gasteiger partial charge in [-0.2, -0.15) is 0 Å². The van der Waals surface area contributed by atoms with Gasteiger partial charge in [0.1, 0.15) is 16.9 Å². The second-order valence-electron chi connectivity index (χ2n) is 5.41. The van der Waals surface area contributed by atoms with E-state index < -0.39 is 0 Å². The summed E-state index contributed by atoms with van der Waals surface area (Å²) >= 11 is 0. The van der Waals surface area contributed by atoms with E-state index in [1.807, 2.05) is 26.0 Å². The average molecular weight is 272 g/mol. The molecule has 0 saturated heterocycles. The smallest absolute Gasteiger partial charge is 0.336 e. The van der Waals surface area contributed by atoms with Gasteiger partial charge < -0.3 is 13.9 Å². The summed E-state index contributed by atoms with van der Waals surface area (Å²) in [5.74, 6) is 0.714. The zero-order valence-electron chi connectivity index (χ0n) is 11.7. The van der Waals surface area contributed by atoms with Crippen molar-refractivity contribution in [3.63, 3.8) is 0 Å². The lowest BCUT2D eigenvalue weighted by atomic mass is 9.96. The summed E-state index contributed by atoms with van der Waals surface area (Å²) in [6.45, 7) is 4.39. The Balaban J connectivity index is 2.33. The Morgan fingerprint density at radius 1 is 1.30 bits per heavy atom. The van der Waals surface area contributed by atoms with Crippen LogP contribution in [0.1, 0.15) is 25.0 Å². The van der Waals surface area contributed by atoms with Crippen LogP contribution in [0.3, 0.4) is 0 Å². The molecule has 2 heterocycles. The van der Waals surface area contributed by atoms with Gasteiger partial charge in [-0.05, 0) is 31.6 Å². The molecule has 0 unspecified atom stereocenters. The summed E-state index contributed by atoms with van der Waals surface area (Å²) < 4.78 is 16.5. The lowest BCUT2D eigenvalue weighted by molar-refractivity contribution is 0.156. The van der Waals surface area contributed by atoms with E-state index in [9.17, 15) is 4.79 Å². The molecular weight excluding hydrogens is 256 g/mol. The zero-order chi connectivity index (χ0) is 14.3. The normalized spacial score (nSPS) is 15.9. The summed E-state index contributed by atoms with van der Waals surface area (Å²) in [7, 11) is 1.64. The van der Waals surface area contributed by atoms with Crippen LogP contribution in [-0.4, -0.2) is 12.7 Å². The molecule has 1 aromatic heterocycles. The first-order valence-corrected chi connectivity index (χ1v) is 6.47. The van der Waals surface area contributed by atoms with Crippen molar-refractivity contribution < 1.29 is 13.9 Å². The molecule has 0 N–H and O–H groups in total. The predicted octanol–water partition coefficient (Wildman–Crippen LogP) is 3.12. The number of hydrogen-bond acceptors (Lipinski definition) is 4. The van der Waals surface area contributed by atoms with Crippen molar-refractivity contribution in [3.8, 4) is 5.75 Å². The van der Waals surface area contributed by atoms with Gasteiger partial charge in [-0.25, -0.2) is 4.79 Å². The van der Waals surface area contributed by atoms with Crippen LogP contribution in [0.15, 0.2) is 33.5 Å². The Hall–Kier alpha value is -2.07. The summed E-state index contributed by atoms with van der Waals surface area (Å²) in [5, 5.41) is 0.873. The molecule has 0 spiro atoms. The van der Waals surface area contributed by atoms with E-state index in [-0.39, 0.29) is 11.2 Å². The van der Waals surface area contributed by atoms with Crippen LogP contribution in [-0.2, 0) is 11.3 Å². The highest BCUT2D eigenvalue weighted by molar-refractivity contribution is 5.87. The number of hydrogen-bond donors (Lipinski definition) is 0. The summed E-state index contributed by atoms with van der Waals surface area (Å²) in [5.41, 5.74) is 1.73. The minimum atomic E-state index is -0.375. The quantitative estimate of drug-likeness (QED) is 0.788. The topological polar surface area (TPSA) is 48.7 Å². The van der Waals surface area contributed by atoms with E-state index in [0.717, 1.165) is 16.5 Å². The summed E-state index contributed by atoms with van der Waals surface area (Å²) in [4.78, 5) is 11.4. The van der Waals surface area contributed by atoms with Gasteiger partial charge in [-0.15, -0.1) is 0 Å². The highest BCUT2D eigenvalue weighted by Crippen LogP contribution is 2.37. The number of rotatable bonds is 2. The molecule has 0 amide bonds. The first kappa shape index (κ1) is 12.9. The van der Waals surface area contributed by atoms with Gasteiger partial charge in [-0.1, -0.05) is 6.08 Å². The molecular formula is C16H16O4. The molecule has 104 valence electrons. The lowest BCUT2D eigenvalue weighted by Crippen LogP contribution is -2.27. The van der Waals surface area contributed by atoms with Gasteiger partial charge in [0.2, 0.25) is 0 Å². The molecule has 0 bridgehead atoms. The third-order valence-corrected chi connectivity index (χ3v) is 3.35. The molecule has 0 radical (unpaired) electrons. The Morgan fingerprint density at radius 3 is 2.85 bits per heavy atom. The maximum atomic E-state index is 11.4.